The minimum absolute atomic E-state index is 0.0510. The lowest BCUT2D eigenvalue weighted by molar-refractivity contribution is 0.644. The lowest BCUT2D eigenvalue weighted by Gasteiger charge is -2.14. The standard InChI is InChI=1S/C11H12ClN3S/c1-7-4-8(6-14-5-7)11(15-13)9-2-3-10(12)16-9/h2-6,11,15H,13H2,1H3. The largest absolute Gasteiger partial charge is 0.271 e. The molecule has 3 nitrogen and oxygen atoms in total. The first kappa shape index (κ1) is 11.5. The molecule has 0 radical (unpaired) electrons. The van der Waals surface area contributed by atoms with Gasteiger partial charge in [-0.1, -0.05) is 17.7 Å². The molecule has 16 heavy (non-hydrogen) atoms. The molecule has 3 N–H and O–H groups in total. The summed E-state index contributed by atoms with van der Waals surface area (Å²) in [4.78, 5) is 5.24. The van der Waals surface area contributed by atoms with Gasteiger partial charge in [-0.15, -0.1) is 11.3 Å². The number of rotatable bonds is 3. The Bertz CT molecular complexity index is 484. The summed E-state index contributed by atoms with van der Waals surface area (Å²) >= 11 is 7.43. The fraction of sp³-hybridized carbons (Fsp3) is 0.182. The second-order valence-corrected chi connectivity index (χ2v) is 5.28. The van der Waals surface area contributed by atoms with E-state index in [2.05, 4.69) is 16.5 Å². The molecule has 1 unspecified atom stereocenters. The van der Waals surface area contributed by atoms with E-state index in [4.69, 9.17) is 17.4 Å². The molecule has 0 bridgehead atoms. The third-order valence-corrected chi connectivity index (χ3v) is 3.57. The first-order chi connectivity index (χ1) is 7.70. The minimum Gasteiger partial charge on any atom is -0.271 e. The number of thiophene rings is 1. The van der Waals surface area contributed by atoms with Crippen LogP contribution in [-0.4, -0.2) is 4.98 Å². The summed E-state index contributed by atoms with van der Waals surface area (Å²) in [7, 11) is 0. The number of nitrogens with zero attached hydrogens (tertiary/aromatic N) is 1. The first-order valence-corrected chi connectivity index (χ1v) is 6.03. The number of hydrogen-bond acceptors (Lipinski definition) is 4. The average molecular weight is 254 g/mol. The van der Waals surface area contributed by atoms with E-state index >= 15 is 0 Å². The highest BCUT2D eigenvalue weighted by Crippen LogP contribution is 2.30. The molecule has 0 spiro atoms. The summed E-state index contributed by atoms with van der Waals surface area (Å²) in [5.74, 6) is 5.58. The predicted octanol–water partition coefficient (Wildman–Crippen LogP) is 2.66. The summed E-state index contributed by atoms with van der Waals surface area (Å²) in [5.41, 5.74) is 4.94. The van der Waals surface area contributed by atoms with Crippen molar-refractivity contribution >= 4 is 22.9 Å². The van der Waals surface area contributed by atoms with Crippen LogP contribution in [0.3, 0.4) is 0 Å². The highest BCUT2D eigenvalue weighted by molar-refractivity contribution is 7.16. The highest BCUT2D eigenvalue weighted by Gasteiger charge is 2.14. The van der Waals surface area contributed by atoms with Crippen molar-refractivity contribution in [2.75, 3.05) is 0 Å². The van der Waals surface area contributed by atoms with E-state index in [0.29, 0.717) is 0 Å². The molecule has 84 valence electrons. The molecule has 0 fully saturated rings. The van der Waals surface area contributed by atoms with Crippen LogP contribution in [-0.2, 0) is 0 Å². The molecule has 5 heteroatoms. The van der Waals surface area contributed by atoms with E-state index < -0.39 is 0 Å². The molecule has 0 aromatic carbocycles. The van der Waals surface area contributed by atoms with Gasteiger partial charge in [0.25, 0.3) is 0 Å². The van der Waals surface area contributed by atoms with Crippen molar-refractivity contribution in [1.82, 2.24) is 10.4 Å². The number of hydrazine groups is 1. The number of aryl methyl sites for hydroxylation is 1. The van der Waals surface area contributed by atoms with Crippen molar-refractivity contribution < 1.29 is 0 Å². The molecule has 0 aliphatic carbocycles. The Labute approximate surface area is 103 Å². The van der Waals surface area contributed by atoms with Crippen molar-refractivity contribution in [3.8, 4) is 0 Å². The fourth-order valence-electron chi connectivity index (χ4n) is 1.56. The molecule has 0 aliphatic rings. The van der Waals surface area contributed by atoms with Gasteiger partial charge in [-0.2, -0.15) is 0 Å². The number of aromatic nitrogens is 1. The summed E-state index contributed by atoms with van der Waals surface area (Å²) < 4.78 is 0.760. The molecule has 0 saturated heterocycles. The van der Waals surface area contributed by atoms with Crippen LogP contribution < -0.4 is 11.3 Å². The molecule has 0 amide bonds. The number of nitrogens with one attached hydrogen (secondary N) is 1. The van der Waals surface area contributed by atoms with Gasteiger partial charge < -0.3 is 0 Å². The van der Waals surface area contributed by atoms with Gasteiger partial charge in [0.15, 0.2) is 0 Å². The molecule has 2 rings (SSSR count). The van der Waals surface area contributed by atoms with Crippen LogP contribution in [0.25, 0.3) is 0 Å². The van der Waals surface area contributed by atoms with E-state index in [9.17, 15) is 0 Å². The van der Waals surface area contributed by atoms with E-state index in [1.807, 2.05) is 31.5 Å². The monoisotopic (exact) mass is 253 g/mol. The summed E-state index contributed by atoms with van der Waals surface area (Å²) in [6, 6.07) is 5.85. The van der Waals surface area contributed by atoms with Crippen LogP contribution in [0.15, 0.2) is 30.6 Å². The Morgan fingerprint density at radius 2 is 2.25 bits per heavy atom. The minimum atomic E-state index is -0.0510. The Morgan fingerprint density at radius 3 is 2.81 bits per heavy atom. The van der Waals surface area contributed by atoms with Crippen LogP contribution >= 0.6 is 22.9 Å². The van der Waals surface area contributed by atoms with Crippen LogP contribution in [0.1, 0.15) is 22.0 Å². The SMILES string of the molecule is Cc1cncc(C(NN)c2ccc(Cl)s2)c1. The second kappa shape index (κ2) is 4.93. The molecule has 2 aromatic heterocycles. The lowest BCUT2D eigenvalue weighted by Crippen LogP contribution is -2.28. The van der Waals surface area contributed by atoms with Gasteiger partial charge >= 0.3 is 0 Å². The maximum atomic E-state index is 5.91. The Balaban J connectivity index is 2.36. The zero-order valence-electron chi connectivity index (χ0n) is 8.77. The summed E-state index contributed by atoms with van der Waals surface area (Å²) in [5, 5.41) is 0. The van der Waals surface area contributed by atoms with E-state index in [0.717, 1.165) is 20.3 Å². The Kier molecular flexibility index (Phi) is 3.56. The number of halogens is 1. The maximum absolute atomic E-state index is 5.91. The van der Waals surface area contributed by atoms with Crippen molar-refractivity contribution in [2.45, 2.75) is 13.0 Å². The van der Waals surface area contributed by atoms with Crippen molar-refractivity contribution in [1.29, 1.82) is 0 Å². The summed E-state index contributed by atoms with van der Waals surface area (Å²) in [6.45, 7) is 2.01. The van der Waals surface area contributed by atoms with Gasteiger partial charge in [0.1, 0.15) is 0 Å². The quantitative estimate of drug-likeness (QED) is 0.653. The Morgan fingerprint density at radius 1 is 1.44 bits per heavy atom. The van der Waals surface area contributed by atoms with E-state index in [-0.39, 0.29) is 6.04 Å². The molecular weight excluding hydrogens is 242 g/mol. The second-order valence-electron chi connectivity index (χ2n) is 3.54. The number of hydrogen-bond donors (Lipinski definition) is 2. The van der Waals surface area contributed by atoms with Crippen molar-refractivity contribution in [3.63, 3.8) is 0 Å². The van der Waals surface area contributed by atoms with E-state index in [1.165, 1.54) is 11.3 Å². The number of nitrogens with two attached hydrogens (primary N) is 1. The van der Waals surface area contributed by atoms with Crippen molar-refractivity contribution in [3.05, 3.63) is 50.9 Å². The molecule has 2 heterocycles. The molecule has 2 aromatic rings. The average Bonchev–Trinajstić information content (AvgIpc) is 2.66. The maximum Gasteiger partial charge on any atom is 0.0931 e. The van der Waals surface area contributed by atoms with Gasteiger partial charge in [-0.25, -0.2) is 5.43 Å². The van der Waals surface area contributed by atoms with Crippen LogP contribution in [0.2, 0.25) is 4.34 Å². The normalized spacial score (nSPS) is 12.7. The van der Waals surface area contributed by atoms with Gasteiger partial charge in [0.05, 0.1) is 10.4 Å². The zero-order valence-corrected chi connectivity index (χ0v) is 10.3. The lowest BCUT2D eigenvalue weighted by atomic mass is 10.1. The Hall–Kier alpha value is -0.940. The van der Waals surface area contributed by atoms with Crippen LogP contribution in [0, 0.1) is 6.92 Å². The summed E-state index contributed by atoms with van der Waals surface area (Å²) in [6.07, 6.45) is 3.63. The van der Waals surface area contributed by atoms with Gasteiger partial charge in [0, 0.05) is 17.3 Å². The molecular formula is C11H12ClN3S. The van der Waals surface area contributed by atoms with Gasteiger partial charge in [-0.05, 0) is 30.2 Å². The third kappa shape index (κ3) is 2.41. The predicted molar refractivity (Wildman–Crippen MR) is 67.5 cm³/mol. The highest BCUT2D eigenvalue weighted by atomic mass is 35.5. The number of pyridine rings is 1. The molecule has 0 aliphatic heterocycles. The van der Waals surface area contributed by atoms with Crippen molar-refractivity contribution in [2.24, 2.45) is 5.84 Å². The third-order valence-electron chi connectivity index (χ3n) is 2.27. The van der Waals surface area contributed by atoms with E-state index in [1.54, 1.807) is 0 Å². The molecule has 1 atom stereocenters. The van der Waals surface area contributed by atoms with Gasteiger partial charge in [0.2, 0.25) is 0 Å². The zero-order chi connectivity index (χ0) is 11.5. The first-order valence-electron chi connectivity index (χ1n) is 4.83. The van der Waals surface area contributed by atoms with Crippen LogP contribution in [0.4, 0.5) is 0 Å². The van der Waals surface area contributed by atoms with Gasteiger partial charge in [-0.3, -0.25) is 10.8 Å². The van der Waals surface area contributed by atoms with Crippen LogP contribution in [0.5, 0.6) is 0 Å². The fourth-order valence-corrected chi connectivity index (χ4v) is 2.71. The smallest absolute Gasteiger partial charge is 0.0931 e. The molecule has 0 saturated carbocycles. The topological polar surface area (TPSA) is 50.9 Å².